The number of rotatable bonds is 11. The molecule has 0 amide bonds. The Morgan fingerprint density at radius 3 is 2.42 bits per heavy atom. The molecule has 3 nitrogen and oxygen atoms in total. The number of ether oxygens (including phenoxy) is 2. The maximum Gasteiger partial charge on any atom is 0.0716 e. The van der Waals surface area contributed by atoms with Crippen LogP contribution in [0.5, 0.6) is 0 Å². The first kappa shape index (κ1) is 16.2. The fraction of sp³-hybridized carbons (Fsp3) is 0.625. The summed E-state index contributed by atoms with van der Waals surface area (Å²) in [5, 5.41) is 3.42. The van der Waals surface area contributed by atoms with Crippen LogP contribution in [0.15, 0.2) is 24.3 Å². The highest BCUT2D eigenvalue weighted by Crippen LogP contribution is 2.06. The van der Waals surface area contributed by atoms with Crippen molar-refractivity contribution < 1.29 is 9.47 Å². The van der Waals surface area contributed by atoms with Crippen LogP contribution in [0.3, 0.4) is 0 Å². The first-order valence-electron chi connectivity index (χ1n) is 7.22. The predicted octanol–water partition coefficient (Wildman–Crippen LogP) is 2.78. The standard InChI is InChI=1S/C16H27NO2/c1-3-10-17-11-9-15-5-7-16(8-6-15)14-19-13-4-12-18-2/h5-8,17H,3-4,9-14H2,1-2H3. The van der Waals surface area contributed by atoms with Crippen molar-refractivity contribution in [3.63, 3.8) is 0 Å². The first-order chi connectivity index (χ1) is 9.36. The van der Waals surface area contributed by atoms with Gasteiger partial charge in [0.1, 0.15) is 0 Å². The smallest absolute Gasteiger partial charge is 0.0716 e. The van der Waals surface area contributed by atoms with Gasteiger partial charge in [-0.2, -0.15) is 0 Å². The van der Waals surface area contributed by atoms with Gasteiger partial charge < -0.3 is 14.8 Å². The van der Waals surface area contributed by atoms with Crippen molar-refractivity contribution in [3.05, 3.63) is 35.4 Å². The van der Waals surface area contributed by atoms with Gasteiger partial charge in [0.25, 0.3) is 0 Å². The van der Waals surface area contributed by atoms with Crippen molar-refractivity contribution in [2.75, 3.05) is 33.4 Å². The predicted molar refractivity (Wildman–Crippen MR) is 79.5 cm³/mol. The molecule has 0 radical (unpaired) electrons. The molecule has 0 aromatic heterocycles. The quantitative estimate of drug-likeness (QED) is 0.624. The van der Waals surface area contributed by atoms with E-state index in [0.717, 1.165) is 39.1 Å². The zero-order valence-corrected chi connectivity index (χ0v) is 12.3. The molecule has 0 saturated carbocycles. The second-order valence-corrected chi connectivity index (χ2v) is 4.72. The van der Waals surface area contributed by atoms with Crippen LogP contribution in [-0.2, 0) is 22.5 Å². The summed E-state index contributed by atoms with van der Waals surface area (Å²) >= 11 is 0. The first-order valence-corrected chi connectivity index (χ1v) is 7.22. The van der Waals surface area contributed by atoms with Crippen molar-refractivity contribution >= 4 is 0 Å². The van der Waals surface area contributed by atoms with Crippen LogP contribution in [0.25, 0.3) is 0 Å². The number of benzene rings is 1. The number of nitrogens with one attached hydrogen (secondary N) is 1. The van der Waals surface area contributed by atoms with Crippen LogP contribution in [0.4, 0.5) is 0 Å². The molecule has 0 unspecified atom stereocenters. The molecule has 0 aliphatic rings. The molecule has 1 aromatic carbocycles. The Balaban J connectivity index is 2.16. The van der Waals surface area contributed by atoms with Crippen molar-refractivity contribution in [2.45, 2.75) is 32.8 Å². The summed E-state index contributed by atoms with van der Waals surface area (Å²) in [6.45, 7) is 6.57. The lowest BCUT2D eigenvalue weighted by Gasteiger charge is -2.06. The molecule has 0 bridgehead atoms. The average Bonchev–Trinajstić information content (AvgIpc) is 2.45. The second-order valence-electron chi connectivity index (χ2n) is 4.72. The normalized spacial score (nSPS) is 10.8. The minimum atomic E-state index is 0.693. The zero-order chi connectivity index (χ0) is 13.8. The third-order valence-corrected chi connectivity index (χ3v) is 2.95. The van der Waals surface area contributed by atoms with Gasteiger partial charge in [0.05, 0.1) is 6.61 Å². The van der Waals surface area contributed by atoms with Crippen LogP contribution in [-0.4, -0.2) is 33.4 Å². The summed E-state index contributed by atoms with van der Waals surface area (Å²) in [4.78, 5) is 0. The second kappa shape index (κ2) is 11.0. The topological polar surface area (TPSA) is 30.5 Å². The van der Waals surface area contributed by atoms with Gasteiger partial charge in [-0.3, -0.25) is 0 Å². The lowest BCUT2D eigenvalue weighted by atomic mass is 10.1. The average molecular weight is 265 g/mol. The zero-order valence-electron chi connectivity index (χ0n) is 12.3. The van der Waals surface area contributed by atoms with Crippen molar-refractivity contribution in [2.24, 2.45) is 0 Å². The van der Waals surface area contributed by atoms with Crippen LogP contribution >= 0.6 is 0 Å². The fourth-order valence-corrected chi connectivity index (χ4v) is 1.83. The van der Waals surface area contributed by atoms with Crippen LogP contribution < -0.4 is 5.32 Å². The molecule has 1 N–H and O–H groups in total. The van der Waals surface area contributed by atoms with E-state index < -0.39 is 0 Å². The fourth-order valence-electron chi connectivity index (χ4n) is 1.83. The number of methoxy groups -OCH3 is 1. The lowest BCUT2D eigenvalue weighted by Crippen LogP contribution is -2.17. The Kier molecular flexibility index (Phi) is 9.33. The maximum atomic E-state index is 5.58. The Morgan fingerprint density at radius 2 is 1.74 bits per heavy atom. The molecule has 108 valence electrons. The van der Waals surface area contributed by atoms with E-state index >= 15 is 0 Å². The van der Waals surface area contributed by atoms with E-state index in [4.69, 9.17) is 9.47 Å². The Bertz CT molecular complexity index is 311. The molecule has 3 heteroatoms. The van der Waals surface area contributed by atoms with Crippen molar-refractivity contribution in [1.82, 2.24) is 5.32 Å². The Labute approximate surface area is 117 Å². The highest BCUT2D eigenvalue weighted by Gasteiger charge is 1.96. The SMILES string of the molecule is CCCNCCc1ccc(COCCCOC)cc1. The molecule has 1 aromatic rings. The van der Waals surface area contributed by atoms with E-state index in [1.54, 1.807) is 7.11 Å². The van der Waals surface area contributed by atoms with Crippen molar-refractivity contribution in [3.8, 4) is 0 Å². The molecule has 0 saturated heterocycles. The van der Waals surface area contributed by atoms with Gasteiger partial charge >= 0.3 is 0 Å². The minimum Gasteiger partial charge on any atom is -0.385 e. The van der Waals surface area contributed by atoms with Gasteiger partial charge in [0, 0.05) is 20.3 Å². The molecular formula is C16H27NO2. The third-order valence-electron chi connectivity index (χ3n) is 2.95. The molecule has 0 aliphatic heterocycles. The van der Waals surface area contributed by atoms with Gasteiger partial charge in [-0.15, -0.1) is 0 Å². The largest absolute Gasteiger partial charge is 0.385 e. The van der Waals surface area contributed by atoms with E-state index in [9.17, 15) is 0 Å². The molecule has 0 aliphatic carbocycles. The molecule has 0 fully saturated rings. The summed E-state index contributed by atoms with van der Waals surface area (Å²) in [5.41, 5.74) is 2.62. The van der Waals surface area contributed by atoms with Crippen LogP contribution in [0.2, 0.25) is 0 Å². The van der Waals surface area contributed by atoms with Gasteiger partial charge in [-0.25, -0.2) is 0 Å². The molecule has 1 rings (SSSR count). The van der Waals surface area contributed by atoms with Gasteiger partial charge in [0.2, 0.25) is 0 Å². The maximum absolute atomic E-state index is 5.58. The van der Waals surface area contributed by atoms with E-state index in [1.807, 2.05) is 0 Å². The minimum absolute atomic E-state index is 0.693. The Hall–Kier alpha value is -0.900. The number of hydrogen-bond donors (Lipinski definition) is 1. The molecule has 0 heterocycles. The van der Waals surface area contributed by atoms with E-state index in [1.165, 1.54) is 17.5 Å². The van der Waals surface area contributed by atoms with Crippen molar-refractivity contribution in [1.29, 1.82) is 0 Å². The van der Waals surface area contributed by atoms with E-state index in [0.29, 0.717) is 6.61 Å². The highest BCUT2D eigenvalue weighted by atomic mass is 16.5. The summed E-state index contributed by atoms with van der Waals surface area (Å²) in [6.07, 6.45) is 3.24. The summed E-state index contributed by atoms with van der Waals surface area (Å²) < 4.78 is 10.6. The van der Waals surface area contributed by atoms with Crippen LogP contribution in [0, 0.1) is 0 Å². The van der Waals surface area contributed by atoms with E-state index in [-0.39, 0.29) is 0 Å². The summed E-state index contributed by atoms with van der Waals surface area (Å²) in [7, 11) is 1.72. The summed E-state index contributed by atoms with van der Waals surface area (Å²) in [6, 6.07) is 8.71. The molecule has 19 heavy (non-hydrogen) atoms. The third kappa shape index (κ3) is 7.98. The molecule has 0 spiro atoms. The monoisotopic (exact) mass is 265 g/mol. The summed E-state index contributed by atoms with van der Waals surface area (Å²) in [5.74, 6) is 0. The molecule has 0 atom stereocenters. The van der Waals surface area contributed by atoms with Crippen LogP contribution in [0.1, 0.15) is 30.9 Å². The molecular weight excluding hydrogens is 238 g/mol. The number of hydrogen-bond acceptors (Lipinski definition) is 3. The van der Waals surface area contributed by atoms with Gasteiger partial charge in [0.15, 0.2) is 0 Å². The Morgan fingerprint density at radius 1 is 1.00 bits per heavy atom. The van der Waals surface area contributed by atoms with Gasteiger partial charge in [-0.1, -0.05) is 31.2 Å². The van der Waals surface area contributed by atoms with Gasteiger partial charge in [-0.05, 0) is 43.5 Å². The lowest BCUT2D eigenvalue weighted by molar-refractivity contribution is 0.0928. The van der Waals surface area contributed by atoms with E-state index in [2.05, 4.69) is 36.5 Å². The highest BCUT2D eigenvalue weighted by molar-refractivity contribution is 5.22.